The van der Waals surface area contributed by atoms with E-state index in [9.17, 15) is 14.4 Å². The quantitative estimate of drug-likeness (QED) is 0.0262. The van der Waals surface area contributed by atoms with Gasteiger partial charge in [0.2, 0.25) is 0 Å². The molecule has 0 heterocycles. The zero-order valence-electron chi connectivity index (χ0n) is 45.8. The molecular weight excluding hydrogens is 865 g/mol. The lowest BCUT2D eigenvalue weighted by Crippen LogP contribution is -2.30. The summed E-state index contributed by atoms with van der Waals surface area (Å²) in [6, 6.07) is 0. The van der Waals surface area contributed by atoms with E-state index in [0.29, 0.717) is 19.3 Å². The number of ether oxygens (including phenoxy) is 3. The summed E-state index contributed by atoms with van der Waals surface area (Å²) in [6.07, 6.45) is 76.8. The number of esters is 3. The average molecular weight is 974 g/mol. The fourth-order valence-electron chi connectivity index (χ4n) is 7.91. The van der Waals surface area contributed by atoms with Crippen LogP contribution in [0.5, 0.6) is 0 Å². The van der Waals surface area contributed by atoms with Gasteiger partial charge in [0, 0.05) is 19.3 Å². The van der Waals surface area contributed by atoms with Crippen molar-refractivity contribution in [2.75, 3.05) is 13.2 Å². The summed E-state index contributed by atoms with van der Waals surface area (Å²) < 4.78 is 16.8. The third-order valence-corrected chi connectivity index (χ3v) is 12.3. The third kappa shape index (κ3) is 55.3. The molecule has 0 aromatic rings. The van der Waals surface area contributed by atoms with Gasteiger partial charge >= 0.3 is 17.9 Å². The van der Waals surface area contributed by atoms with Gasteiger partial charge in [0.05, 0.1) is 0 Å². The molecule has 1 unspecified atom stereocenters. The zero-order valence-corrected chi connectivity index (χ0v) is 45.8. The molecule has 0 aliphatic heterocycles. The van der Waals surface area contributed by atoms with Crippen molar-refractivity contribution in [1.82, 2.24) is 0 Å². The van der Waals surface area contributed by atoms with Crippen molar-refractivity contribution in [2.24, 2.45) is 0 Å². The van der Waals surface area contributed by atoms with Crippen molar-refractivity contribution in [1.29, 1.82) is 0 Å². The van der Waals surface area contributed by atoms with Crippen LogP contribution in [0, 0.1) is 0 Å². The molecule has 0 saturated heterocycles. The lowest BCUT2D eigenvalue weighted by Gasteiger charge is -2.18. The fraction of sp³-hybridized carbons (Fsp3) is 0.703. The van der Waals surface area contributed by atoms with Crippen LogP contribution in [-0.2, 0) is 28.6 Å². The van der Waals surface area contributed by atoms with E-state index >= 15 is 0 Å². The SMILES string of the molecule is CC/C=C\C/C=C\C/C=C\C/C=C\CCCCCCCCC(=O)OC(COC(=O)CCCCCCC/C=C\CCCCC)COC(=O)CCCCCCCC/C=C\C/C=C\C/C=C\CCCCCCC. The van der Waals surface area contributed by atoms with Gasteiger partial charge in [-0.25, -0.2) is 0 Å². The van der Waals surface area contributed by atoms with Gasteiger partial charge < -0.3 is 14.2 Å². The molecule has 0 saturated carbocycles. The number of hydrogen-bond acceptors (Lipinski definition) is 6. The van der Waals surface area contributed by atoms with Crippen LogP contribution in [-0.4, -0.2) is 37.2 Å². The number of rotatable bonds is 52. The molecule has 0 aromatic carbocycles. The molecular formula is C64H108O6. The molecule has 1 atom stereocenters. The lowest BCUT2D eigenvalue weighted by atomic mass is 10.1. The van der Waals surface area contributed by atoms with Crippen LogP contribution in [0.4, 0.5) is 0 Å². The van der Waals surface area contributed by atoms with Crippen LogP contribution in [0.2, 0.25) is 0 Å². The lowest BCUT2D eigenvalue weighted by molar-refractivity contribution is -0.167. The van der Waals surface area contributed by atoms with Gasteiger partial charge in [-0.05, 0) is 122 Å². The maximum absolute atomic E-state index is 12.9. The Labute approximate surface area is 432 Å². The molecule has 0 radical (unpaired) electrons. The Morgan fingerprint density at radius 3 is 0.914 bits per heavy atom. The van der Waals surface area contributed by atoms with E-state index < -0.39 is 6.10 Å². The Hall–Kier alpha value is -3.67. The molecule has 400 valence electrons. The van der Waals surface area contributed by atoms with E-state index in [1.807, 2.05) is 0 Å². The van der Waals surface area contributed by atoms with Gasteiger partial charge in [-0.1, -0.05) is 227 Å². The van der Waals surface area contributed by atoms with Crippen LogP contribution in [0.1, 0.15) is 271 Å². The average Bonchev–Trinajstić information content (AvgIpc) is 3.36. The zero-order chi connectivity index (χ0) is 50.7. The van der Waals surface area contributed by atoms with Crippen molar-refractivity contribution in [3.8, 4) is 0 Å². The number of carbonyl (C=O) groups excluding carboxylic acids is 3. The normalized spacial score (nSPS) is 12.8. The standard InChI is InChI=1S/C64H108O6/c1-4-7-10-13-16-19-22-25-27-29-31-32-34-35-37-39-42-45-48-51-54-57-63(66)69-60-61(59-68-62(65)56-53-50-47-44-41-24-21-18-15-12-9-6-3)70-64(67)58-55-52-49-46-43-40-38-36-33-30-28-26-23-20-17-14-11-8-5-2/h8,11,17-18,20-22,25-26,28-29,31,33-36,61H,4-7,9-10,12-16,19,23-24,27,30,32,37-60H2,1-3H3/b11-8-,20-17-,21-18-,25-22-,28-26-,31-29-,35-34-,36-33-. The minimum Gasteiger partial charge on any atom is -0.462 e. The summed E-state index contributed by atoms with van der Waals surface area (Å²) in [5, 5.41) is 0. The summed E-state index contributed by atoms with van der Waals surface area (Å²) in [5.74, 6) is -0.925. The predicted molar refractivity (Wildman–Crippen MR) is 302 cm³/mol. The van der Waals surface area contributed by atoms with Crippen LogP contribution in [0.25, 0.3) is 0 Å². The van der Waals surface area contributed by atoms with Gasteiger partial charge in [-0.3, -0.25) is 14.4 Å². The first-order valence-corrected chi connectivity index (χ1v) is 29.2. The Kier molecular flexibility index (Phi) is 54.9. The van der Waals surface area contributed by atoms with Gasteiger partial charge in [-0.15, -0.1) is 0 Å². The highest BCUT2D eigenvalue weighted by Gasteiger charge is 2.19. The van der Waals surface area contributed by atoms with Crippen LogP contribution in [0.15, 0.2) is 97.2 Å². The minimum absolute atomic E-state index is 0.0927. The van der Waals surface area contributed by atoms with Crippen molar-refractivity contribution in [3.63, 3.8) is 0 Å². The number of unbranched alkanes of at least 4 members (excludes halogenated alkanes) is 25. The second-order valence-corrected chi connectivity index (χ2v) is 19.2. The molecule has 0 amide bonds. The first-order valence-electron chi connectivity index (χ1n) is 29.2. The van der Waals surface area contributed by atoms with E-state index in [-0.39, 0.29) is 31.1 Å². The van der Waals surface area contributed by atoms with Crippen LogP contribution >= 0.6 is 0 Å². The highest BCUT2D eigenvalue weighted by molar-refractivity contribution is 5.71. The summed E-state index contributed by atoms with van der Waals surface area (Å²) >= 11 is 0. The third-order valence-electron chi connectivity index (χ3n) is 12.3. The molecule has 0 bridgehead atoms. The summed E-state index contributed by atoms with van der Waals surface area (Å²) in [7, 11) is 0. The summed E-state index contributed by atoms with van der Waals surface area (Å²) in [5.41, 5.74) is 0. The molecule has 0 aliphatic carbocycles. The molecule has 0 aromatic heterocycles. The molecule has 0 N–H and O–H groups in total. The molecule has 70 heavy (non-hydrogen) atoms. The van der Waals surface area contributed by atoms with Gasteiger partial charge in [0.25, 0.3) is 0 Å². The Morgan fingerprint density at radius 1 is 0.300 bits per heavy atom. The molecule has 6 nitrogen and oxygen atoms in total. The first kappa shape index (κ1) is 66.3. The largest absolute Gasteiger partial charge is 0.462 e. The second-order valence-electron chi connectivity index (χ2n) is 19.2. The molecule has 0 spiro atoms. The van der Waals surface area contributed by atoms with E-state index in [1.54, 1.807) is 0 Å². The van der Waals surface area contributed by atoms with Crippen LogP contribution in [0.3, 0.4) is 0 Å². The van der Waals surface area contributed by atoms with E-state index in [4.69, 9.17) is 14.2 Å². The maximum atomic E-state index is 12.9. The Balaban J connectivity index is 4.41. The summed E-state index contributed by atoms with van der Waals surface area (Å²) in [4.78, 5) is 38.2. The highest BCUT2D eigenvalue weighted by Crippen LogP contribution is 2.14. The molecule has 0 fully saturated rings. The molecule has 0 rings (SSSR count). The van der Waals surface area contributed by atoms with E-state index in [1.165, 1.54) is 109 Å². The highest BCUT2D eigenvalue weighted by atomic mass is 16.6. The Morgan fingerprint density at radius 2 is 0.557 bits per heavy atom. The van der Waals surface area contributed by atoms with E-state index in [0.717, 1.165) is 122 Å². The Bertz CT molecular complexity index is 1400. The van der Waals surface area contributed by atoms with Gasteiger partial charge in [0.15, 0.2) is 6.10 Å². The van der Waals surface area contributed by atoms with Gasteiger partial charge in [-0.2, -0.15) is 0 Å². The predicted octanol–water partition coefficient (Wildman–Crippen LogP) is 19.7. The topological polar surface area (TPSA) is 78.9 Å². The van der Waals surface area contributed by atoms with Crippen molar-refractivity contribution < 1.29 is 28.6 Å². The second kappa shape index (κ2) is 57.9. The number of carbonyl (C=O) groups is 3. The number of allylic oxidation sites excluding steroid dienone is 16. The van der Waals surface area contributed by atoms with Crippen LogP contribution < -0.4 is 0 Å². The van der Waals surface area contributed by atoms with Crippen molar-refractivity contribution in [2.45, 2.75) is 277 Å². The van der Waals surface area contributed by atoms with Crippen molar-refractivity contribution in [3.05, 3.63) is 97.2 Å². The summed E-state index contributed by atoms with van der Waals surface area (Å²) in [6.45, 7) is 6.47. The number of hydrogen-bond donors (Lipinski definition) is 0. The first-order chi connectivity index (χ1) is 34.5. The fourth-order valence-corrected chi connectivity index (χ4v) is 7.91. The monoisotopic (exact) mass is 973 g/mol. The van der Waals surface area contributed by atoms with E-state index in [2.05, 4.69) is 118 Å². The smallest absolute Gasteiger partial charge is 0.306 e. The maximum Gasteiger partial charge on any atom is 0.306 e. The minimum atomic E-state index is -0.796. The van der Waals surface area contributed by atoms with Crippen molar-refractivity contribution >= 4 is 17.9 Å². The molecule has 0 aliphatic rings. The van der Waals surface area contributed by atoms with Gasteiger partial charge in [0.1, 0.15) is 13.2 Å². The molecule has 6 heteroatoms.